The van der Waals surface area contributed by atoms with E-state index in [0.29, 0.717) is 19.0 Å². The standard InChI is InChI=1S/C14H19N3O4/c18-11(9-2-6-21-7-3-9)17-14(4-1-5-14)13-15-8-10(16-13)12(19)20/h8-9H,1-7H2,(H,15,16)(H,17,18)(H,19,20). The molecule has 2 aliphatic rings. The summed E-state index contributed by atoms with van der Waals surface area (Å²) in [5, 5.41) is 12.1. The Labute approximate surface area is 122 Å². The van der Waals surface area contributed by atoms with Crippen LogP contribution in [-0.4, -0.2) is 40.2 Å². The second-order valence-electron chi connectivity index (χ2n) is 5.76. The van der Waals surface area contributed by atoms with E-state index < -0.39 is 11.5 Å². The highest BCUT2D eigenvalue weighted by Crippen LogP contribution is 2.40. The third kappa shape index (κ3) is 2.65. The predicted octanol–water partition coefficient (Wildman–Crippen LogP) is 1.03. The van der Waals surface area contributed by atoms with Gasteiger partial charge in [0.15, 0.2) is 0 Å². The third-order valence-electron chi connectivity index (χ3n) is 4.42. The molecule has 3 N–H and O–H groups in total. The van der Waals surface area contributed by atoms with Gasteiger partial charge in [0.2, 0.25) is 5.91 Å². The van der Waals surface area contributed by atoms with E-state index in [1.54, 1.807) is 0 Å². The van der Waals surface area contributed by atoms with Gasteiger partial charge in [-0.05, 0) is 32.1 Å². The summed E-state index contributed by atoms with van der Waals surface area (Å²) in [5.74, 6) is -0.498. The fraction of sp³-hybridized carbons (Fsp3) is 0.643. The molecule has 0 bridgehead atoms. The molecular formula is C14H19N3O4. The van der Waals surface area contributed by atoms with Crippen LogP contribution < -0.4 is 5.32 Å². The van der Waals surface area contributed by atoms with Crippen molar-refractivity contribution < 1.29 is 19.4 Å². The van der Waals surface area contributed by atoms with Gasteiger partial charge in [0, 0.05) is 19.1 Å². The van der Waals surface area contributed by atoms with Crippen molar-refractivity contribution in [2.24, 2.45) is 5.92 Å². The van der Waals surface area contributed by atoms with Crippen LogP contribution in [0.4, 0.5) is 0 Å². The van der Waals surface area contributed by atoms with Crippen molar-refractivity contribution >= 4 is 11.9 Å². The molecule has 7 heteroatoms. The average molecular weight is 293 g/mol. The van der Waals surface area contributed by atoms with Crippen LogP contribution in [0.5, 0.6) is 0 Å². The molecule has 1 amide bonds. The number of aromatic amines is 1. The summed E-state index contributed by atoms with van der Waals surface area (Å²) < 4.78 is 5.27. The average Bonchev–Trinajstić information content (AvgIpc) is 2.93. The second kappa shape index (κ2) is 5.48. The molecule has 1 aromatic rings. The number of nitrogens with one attached hydrogen (secondary N) is 2. The van der Waals surface area contributed by atoms with E-state index in [9.17, 15) is 9.59 Å². The maximum Gasteiger partial charge on any atom is 0.353 e. The molecular weight excluding hydrogens is 274 g/mol. The Balaban J connectivity index is 1.73. The molecule has 1 aliphatic carbocycles. The lowest BCUT2D eigenvalue weighted by atomic mass is 9.75. The number of aromatic nitrogens is 2. The molecule has 0 radical (unpaired) electrons. The first kappa shape index (κ1) is 14.1. The number of carboxylic acid groups (broad SMARTS) is 1. The number of carbonyl (C=O) groups is 2. The lowest BCUT2D eigenvalue weighted by molar-refractivity contribution is -0.131. The number of hydrogen-bond acceptors (Lipinski definition) is 4. The smallest absolute Gasteiger partial charge is 0.353 e. The molecule has 1 aromatic heterocycles. The number of imidazole rings is 1. The van der Waals surface area contributed by atoms with Crippen LogP contribution in [0.1, 0.15) is 48.4 Å². The predicted molar refractivity (Wildman–Crippen MR) is 72.8 cm³/mol. The van der Waals surface area contributed by atoms with Crippen LogP contribution >= 0.6 is 0 Å². The topological polar surface area (TPSA) is 104 Å². The number of hydrogen-bond donors (Lipinski definition) is 3. The minimum absolute atomic E-state index is 0.0197. The SMILES string of the molecule is O=C(O)c1cnc(C2(NC(=O)C3CCOCC3)CCC2)[nH]1. The van der Waals surface area contributed by atoms with Crippen molar-refractivity contribution in [3.05, 3.63) is 17.7 Å². The normalized spacial score (nSPS) is 21.5. The maximum atomic E-state index is 12.4. The molecule has 0 atom stereocenters. The van der Waals surface area contributed by atoms with E-state index in [1.807, 2.05) is 0 Å². The highest BCUT2D eigenvalue weighted by atomic mass is 16.5. The van der Waals surface area contributed by atoms with Gasteiger partial charge in [-0.15, -0.1) is 0 Å². The summed E-state index contributed by atoms with van der Waals surface area (Å²) in [6, 6.07) is 0. The maximum absolute atomic E-state index is 12.4. The Hall–Kier alpha value is -1.89. The number of nitrogens with zero attached hydrogens (tertiary/aromatic N) is 1. The Morgan fingerprint density at radius 2 is 2.10 bits per heavy atom. The molecule has 0 unspecified atom stereocenters. The van der Waals surface area contributed by atoms with Crippen molar-refractivity contribution in [3.63, 3.8) is 0 Å². The second-order valence-corrected chi connectivity index (χ2v) is 5.76. The summed E-state index contributed by atoms with van der Waals surface area (Å²) in [6.07, 6.45) is 5.35. The van der Waals surface area contributed by atoms with Crippen LogP contribution in [0, 0.1) is 5.92 Å². The van der Waals surface area contributed by atoms with E-state index in [4.69, 9.17) is 9.84 Å². The first-order chi connectivity index (χ1) is 10.1. The highest BCUT2D eigenvalue weighted by molar-refractivity contribution is 5.85. The van der Waals surface area contributed by atoms with E-state index in [2.05, 4.69) is 15.3 Å². The molecule has 2 heterocycles. The monoisotopic (exact) mass is 293 g/mol. The molecule has 0 aromatic carbocycles. The quantitative estimate of drug-likeness (QED) is 0.769. The zero-order valence-corrected chi connectivity index (χ0v) is 11.7. The van der Waals surface area contributed by atoms with Gasteiger partial charge < -0.3 is 20.1 Å². The molecule has 2 fully saturated rings. The summed E-state index contributed by atoms with van der Waals surface area (Å²) in [4.78, 5) is 30.3. The van der Waals surface area contributed by atoms with Crippen molar-refractivity contribution in [2.45, 2.75) is 37.6 Å². The number of H-pyrrole nitrogens is 1. The lowest BCUT2D eigenvalue weighted by Crippen LogP contribution is -2.53. The first-order valence-electron chi connectivity index (χ1n) is 7.29. The molecule has 1 aliphatic heterocycles. The summed E-state index contributed by atoms with van der Waals surface area (Å²) >= 11 is 0. The number of ether oxygens (including phenoxy) is 1. The molecule has 7 nitrogen and oxygen atoms in total. The Morgan fingerprint density at radius 1 is 1.38 bits per heavy atom. The van der Waals surface area contributed by atoms with Crippen LogP contribution in [0.25, 0.3) is 0 Å². The van der Waals surface area contributed by atoms with Gasteiger partial charge in [0.1, 0.15) is 11.5 Å². The summed E-state index contributed by atoms with van der Waals surface area (Å²) in [5.41, 5.74) is -0.472. The number of aromatic carboxylic acids is 1. The van der Waals surface area contributed by atoms with Gasteiger partial charge in [-0.1, -0.05) is 0 Å². The minimum atomic E-state index is -1.04. The number of rotatable bonds is 4. The van der Waals surface area contributed by atoms with E-state index in [-0.39, 0.29) is 17.5 Å². The van der Waals surface area contributed by atoms with Crippen molar-refractivity contribution in [2.75, 3.05) is 13.2 Å². The van der Waals surface area contributed by atoms with Gasteiger partial charge in [-0.2, -0.15) is 0 Å². The zero-order valence-electron chi connectivity index (χ0n) is 11.7. The largest absolute Gasteiger partial charge is 0.477 e. The number of amides is 1. The van der Waals surface area contributed by atoms with Crippen LogP contribution in [0.15, 0.2) is 6.20 Å². The minimum Gasteiger partial charge on any atom is -0.477 e. The third-order valence-corrected chi connectivity index (χ3v) is 4.42. The highest BCUT2D eigenvalue weighted by Gasteiger charge is 2.44. The first-order valence-corrected chi connectivity index (χ1v) is 7.29. The van der Waals surface area contributed by atoms with E-state index in [0.717, 1.165) is 32.1 Å². The fourth-order valence-corrected chi connectivity index (χ4v) is 2.92. The number of carboxylic acids is 1. The number of carbonyl (C=O) groups excluding carboxylic acids is 1. The van der Waals surface area contributed by atoms with Crippen molar-refractivity contribution in [1.29, 1.82) is 0 Å². The molecule has 1 saturated heterocycles. The van der Waals surface area contributed by atoms with E-state index in [1.165, 1.54) is 6.20 Å². The molecule has 1 saturated carbocycles. The summed E-state index contributed by atoms with van der Waals surface area (Å²) in [6.45, 7) is 1.24. The van der Waals surface area contributed by atoms with Gasteiger partial charge in [-0.3, -0.25) is 4.79 Å². The van der Waals surface area contributed by atoms with Gasteiger partial charge >= 0.3 is 5.97 Å². The van der Waals surface area contributed by atoms with Crippen LogP contribution in [0.3, 0.4) is 0 Å². The van der Waals surface area contributed by atoms with Gasteiger partial charge in [0.05, 0.1) is 11.7 Å². The Morgan fingerprint density at radius 3 is 2.62 bits per heavy atom. The molecule has 0 spiro atoms. The fourth-order valence-electron chi connectivity index (χ4n) is 2.92. The van der Waals surface area contributed by atoms with Crippen molar-refractivity contribution in [3.8, 4) is 0 Å². The molecule has 114 valence electrons. The van der Waals surface area contributed by atoms with Crippen LogP contribution in [-0.2, 0) is 15.1 Å². The molecule has 21 heavy (non-hydrogen) atoms. The van der Waals surface area contributed by atoms with Crippen molar-refractivity contribution in [1.82, 2.24) is 15.3 Å². The van der Waals surface area contributed by atoms with E-state index >= 15 is 0 Å². The van der Waals surface area contributed by atoms with Gasteiger partial charge in [-0.25, -0.2) is 9.78 Å². The Kier molecular flexibility index (Phi) is 3.67. The summed E-state index contributed by atoms with van der Waals surface area (Å²) in [7, 11) is 0. The lowest BCUT2D eigenvalue weighted by Gasteiger charge is -2.42. The van der Waals surface area contributed by atoms with Crippen LogP contribution in [0.2, 0.25) is 0 Å². The molecule has 3 rings (SSSR count). The van der Waals surface area contributed by atoms with Gasteiger partial charge in [0.25, 0.3) is 0 Å². The Bertz CT molecular complexity index is 544. The zero-order chi connectivity index (χ0) is 14.9.